The van der Waals surface area contributed by atoms with Gasteiger partial charge in [0.15, 0.2) is 5.82 Å². The highest BCUT2D eigenvalue weighted by atomic mass is 35.5. The predicted molar refractivity (Wildman–Crippen MR) is 132 cm³/mol. The number of hydrogen-bond donors (Lipinski definition) is 2. The summed E-state index contributed by atoms with van der Waals surface area (Å²) in [6, 6.07) is 23.1. The van der Waals surface area contributed by atoms with Crippen LogP contribution in [0, 0.1) is 0 Å². The molecule has 2 N–H and O–H groups in total. The molecule has 0 aliphatic carbocycles. The third-order valence-corrected chi connectivity index (χ3v) is 5.71. The quantitative estimate of drug-likeness (QED) is 0.372. The Morgan fingerprint density at radius 3 is 2.53 bits per heavy atom. The van der Waals surface area contributed by atoms with E-state index in [4.69, 9.17) is 11.6 Å². The lowest BCUT2D eigenvalue weighted by Gasteiger charge is -2.19. The molecule has 0 aliphatic heterocycles. The van der Waals surface area contributed by atoms with Gasteiger partial charge in [-0.25, -0.2) is 0 Å². The van der Waals surface area contributed by atoms with Crippen LogP contribution in [-0.4, -0.2) is 26.6 Å². The van der Waals surface area contributed by atoms with Crippen molar-refractivity contribution >= 4 is 29.1 Å². The average molecular weight is 474 g/mol. The summed E-state index contributed by atoms with van der Waals surface area (Å²) in [7, 11) is 0. The molecule has 0 saturated carbocycles. The molecule has 8 heteroatoms. The van der Waals surface area contributed by atoms with E-state index in [-0.39, 0.29) is 18.2 Å². The Kier molecular flexibility index (Phi) is 7.34. The Balaban J connectivity index is 1.51. The van der Waals surface area contributed by atoms with Gasteiger partial charge in [0.05, 0.1) is 23.0 Å². The lowest BCUT2D eigenvalue weighted by atomic mass is 10.0. The van der Waals surface area contributed by atoms with E-state index in [0.717, 1.165) is 23.5 Å². The van der Waals surface area contributed by atoms with Gasteiger partial charge in [-0.05, 0) is 36.8 Å². The van der Waals surface area contributed by atoms with Crippen molar-refractivity contribution in [1.82, 2.24) is 20.1 Å². The largest absolute Gasteiger partial charge is 0.345 e. The van der Waals surface area contributed by atoms with Crippen molar-refractivity contribution in [2.45, 2.75) is 25.9 Å². The minimum absolute atomic E-state index is 0.0512. The maximum Gasteiger partial charge on any atom is 0.253 e. The van der Waals surface area contributed by atoms with Gasteiger partial charge in [0.1, 0.15) is 6.33 Å². The van der Waals surface area contributed by atoms with Crippen LogP contribution in [0.4, 0.5) is 5.69 Å². The molecule has 0 radical (unpaired) electrons. The fourth-order valence-electron chi connectivity index (χ4n) is 3.66. The number of aryl methyl sites for hydroxylation is 1. The van der Waals surface area contributed by atoms with E-state index in [1.54, 1.807) is 30.6 Å². The van der Waals surface area contributed by atoms with Gasteiger partial charge < -0.3 is 15.2 Å². The molecule has 7 nitrogen and oxygen atoms in total. The smallest absolute Gasteiger partial charge is 0.253 e. The summed E-state index contributed by atoms with van der Waals surface area (Å²) in [4.78, 5) is 25.9. The Labute approximate surface area is 202 Å². The van der Waals surface area contributed by atoms with Gasteiger partial charge in [0.25, 0.3) is 5.91 Å². The summed E-state index contributed by atoms with van der Waals surface area (Å²) in [5, 5.41) is 14.4. The first-order valence-corrected chi connectivity index (χ1v) is 11.3. The van der Waals surface area contributed by atoms with E-state index in [1.807, 2.05) is 66.1 Å². The van der Waals surface area contributed by atoms with Gasteiger partial charge in [0, 0.05) is 17.8 Å². The summed E-state index contributed by atoms with van der Waals surface area (Å²) in [6.45, 7) is 2.75. The summed E-state index contributed by atoms with van der Waals surface area (Å²) in [5.74, 6) is 0.156. The molecule has 0 spiro atoms. The number of amides is 2. The highest BCUT2D eigenvalue weighted by molar-refractivity contribution is 6.33. The normalized spacial score (nSPS) is 11.6. The average Bonchev–Trinajstić information content (AvgIpc) is 3.33. The molecule has 1 heterocycles. The van der Waals surface area contributed by atoms with Crippen LogP contribution in [0.15, 0.2) is 85.2 Å². The van der Waals surface area contributed by atoms with Crippen molar-refractivity contribution in [3.63, 3.8) is 0 Å². The minimum Gasteiger partial charge on any atom is -0.345 e. The van der Waals surface area contributed by atoms with E-state index in [0.29, 0.717) is 16.3 Å². The molecular weight excluding hydrogens is 450 g/mol. The first-order valence-electron chi connectivity index (χ1n) is 10.9. The van der Waals surface area contributed by atoms with Crippen molar-refractivity contribution in [3.8, 4) is 11.4 Å². The van der Waals surface area contributed by atoms with Gasteiger partial charge in [-0.3, -0.25) is 9.59 Å². The maximum absolute atomic E-state index is 13.0. The van der Waals surface area contributed by atoms with Crippen molar-refractivity contribution < 1.29 is 9.59 Å². The topological polar surface area (TPSA) is 88.9 Å². The maximum atomic E-state index is 13.0. The number of rotatable bonds is 8. The number of carbonyl (C=O) groups excluding carboxylic acids is 2. The first kappa shape index (κ1) is 23.2. The zero-order valence-corrected chi connectivity index (χ0v) is 19.4. The summed E-state index contributed by atoms with van der Waals surface area (Å²) < 4.78 is 1.93. The van der Waals surface area contributed by atoms with E-state index >= 15 is 0 Å². The highest BCUT2D eigenvalue weighted by Gasteiger charge is 2.20. The molecule has 4 rings (SSSR count). The van der Waals surface area contributed by atoms with E-state index in [2.05, 4.69) is 20.8 Å². The second-order valence-electron chi connectivity index (χ2n) is 7.69. The Morgan fingerprint density at radius 2 is 1.76 bits per heavy atom. The molecule has 3 aromatic carbocycles. The van der Waals surface area contributed by atoms with Crippen LogP contribution >= 0.6 is 11.6 Å². The zero-order valence-electron chi connectivity index (χ0n) is 18.6. The number of hydrogen-bond acceptors (Lipinski definition) is 4. The molecule has 172 valence electrons. The summed E-state index contributed by atoms with van der Waals surface area (Å²) in [5.41, 5.74) is 2.67. The zero-order chi connectivity index (χ0) is 23.9. The standard InChI is InChI=1S/C26H24ClN5O2/c1-2-32-17-28-31-25(32)19-11-8-12-20(15-19)29-24(33)16-23(18-9-4-3-5-10-18)30-26(34)21-13-6-7-14-22(21)27/h3-15,17,23H,2,16H2,1H3,(H,29,33)(H,30,34). The fraction of sp³-hybridized carbons (Fsp3) is 0.154. The Morgan fingerprint density at radius 1 is 1.00 bits per heavy atom. The van der Waals surface area contributed by atoms with Crippen LogP contribution < -0.4 is 10.6 Å². The second kappa shape index (κ2) is 10.8. The predicted octanol–water partition coefficient (Wildman–Crippen LogP) is 5.12. The third kappa shape index (κ3) is 5.50. The molecule has 4 aromatic rings. The molecule has 1 atom stereocenters. The number of aromatic nitrogens is 3. The molecule has 1 unspecified atom stereocenters. The van der Waals surface area contributed by atoms with Gasteiger partial charge in [0.2, 0.25) is 5.91 Å². The van der Waals surface area contributed by atoms with Crippen LogP contribution in [0.3, 0.4) is 0 Å². The van der Waals surface area contributed by atoms with Crippen molar-refractivity contribution in [2.24, 2.45) is 0 Å². The number of carbonyl (C=O) groups is 2. The van der Waals surface area contributed by atoms with Gasteiger partial charge in [-0.15, -0.1) is 10.2 Å². The number of nitrogens with one attached hydrogen (secondary N) is 2. The molecule has 1 aromatic heterocycles. The summed E-state index contributed by atoms with van der Waals surface area (Å²) >= 11 is 6.19. The molecule has 0 fully saturated rings. The minimum atomic E-state index is -0.531. The van der Waals surface area contributed by atoms with Gasteiger partial charge in [-0.1, -0.05) is 66.2 Å². The van der Waals surface area contributed by atoms with Crippen LogP contribution in [0.25, 0.3) is 11.4 Å². The van der Waals surface area contributed by atoms with Crippen molar-refractivity contribution in [1.29, 1.82) is 0 Å². The SMILES string of the molecule is CCn1cnnc1-c1cccc(NC(=O)CC(NC(=O)c2ccccc2Cl)c2ccccc2)c1. The van der Waals surface area contributed by atoms with E-state index < -0.39 is 6.04 Å². The molecule has 34 heavy (non-hydrogen) atoms. The number of halogens is 1. The van der Waals surface area contributed by atoms with Crippen molar-refractivity contribution in [2.75, 3.05) is 5.32 Å². The van der Waals surface area contributed by atoms with Crippen LogP contribution in [0.2, 0.25) is 5.02 Å². The highest BCUT2D eigenvalue weighted by Crippen LogP contribution is 2.23. The fourth-order valence-corrected chi connectivity index (χ4v) is 3.88. The second-order valence-corrected chi connectivity index (χ2v) is 8.10. The molecule has 2 amide bonds. The number of benzene rings is 3. The lowest BCUT2D eigenvalue weighted by molar-refractivity contribution is -0.116. The Hall–Kier alpha value is -3.97. The summed E-state index contributed by atoms with van der Waals surface area (Å²) in [6.07, 6.45) is 1.72. The molecule has 0 bridgehead atoms. The van der Waals surface area contributed by atoms with Crippen LogP contribution in [0.5, 0.6) is 0 Å². The van der Waals surface area contributed by atoms with Crippen LogP contribution in [-0.2, 0) is 11.3 Å². The third-order valence-electron chi connectivity index (χ3n) is 5.38. The molecule has 0 aliphatic rings. The van der Waals surface area contributed by atoms with Crippen molar-refractivity contribution in [3.05, 3.63) is 101 Å². The number of nitrogens with zero attached hydrogens (tertiary/aromatic N) is 3. The first-order chi connectivity index (χ1) is 16.5. The Bertz CT molecular complexity index is 1290. The van der Waals surface area contributed by atoms with E-state index in [9.17, 15) is 9.59 Å². The number of anilines is 1. The van der Waals surface area contributed by atoms with Gasteiger partial charge in [-0.2, -0.15) is 0 Å². The van der Waals surface area contributed by atoms with E-state index in [1.165, 1.54) is 0 Å². The molecule has 0 saturated heterocycles. The van der Waals surface area contributed by atoms with Crippen LogP contribution in [0.1, 0.15) is 35.3 Å². The lowest BCUT2D eigenvalue weighted by Crippen LogP contribution is -2.31. The van der Waals surface area contributed by atoms with Gasteiger partial charge >= 0.3 is 0 Å². The monoisotopic (exact) mass is 473 g/mol. The molecular formula is C26H24ClN5O2.